The number of aliphatic carboxylic acids is 1. The van der Waals surface area contributed by atoms with Gasteiger partial charge < -0.3 is 10.4 Å². The summed E-state index contributed by atoms with van der Waals surface area (Å²) in [6.07, 6.45) is 8.68. The molecule has 4 heteroatoms. The first-order chi connectivity index (χ1) is 8.55. The van der Waals surface area contributed by atoms with E-state index in [-0.39, 0.29) is 18.2 Å². The minimum Gasteiger partial charge on any atom is -0.481 e. The molecule has 18 heavy (non-hydrogen) atoms. The predicted molar refractivity (Wildman–Crippen MR) is 66.0 cm³/mol. The number of hydrogen-bond donors (Lipinski definition) is 2. The molecule has 3 aliphatic rings. The first-order valence-corrected chi connectivity index (χ1v) is 7.09. The Balaban J connectivity index is 1.59. The van der Waals surface area contributed by atoms with Gasteiger partial charge in [-0.15, -0.1) is 0 Å². The van der Waals surface area contributed by atoms with Gasteiger partial charge in [-0.2, -0.15) is 0 Å². The molecule has 0 heterocycles. The topological polar surface area (TPSA) is 66.4 Å². The lowest BCUT2D eigenvalue weighted by atomic mass is 9.74. The second-order valence-corrected chi connectivity index (χ2v) is 6.52. The average molecular weight is 251 g/mol. The first-order valence-electron chi connectivity index (χ1n) is 7.09. The number of carbonyl (C=O) groups is 2. The first kappa shape index (κ1) is 12.0. The van der Waals surface area contributed by atoms with Crippen LogP contribution in [-0.2, 0) is 9.59 Å². The zero-order valence-corrected chi connectivity index (χ0v) is 10.7. The van der Waals surface area contributed by atoms with Crippen LogP contribution in [0.5, 0.6) is 0 Å². The van der Waals surface area contributed by atoms with E-state index in [1.165, 1.54) is 25.7 Å². The van der Waals surface area contributed by atoms with Gasteiger partial charge in [0.1, 0.15) is 0 Å². The lowest BCUT2D eigenvalue weighted by Gasteiger charge is -2.41. The maximum Gasteiger partial charge on any atom is 0.305 e. The van der Waals surface area contributed by atoms with Crippen molar-refractivity contribution in [1.29, 1.82) is 0 Å². The Labute approximate surface area is 107 Å². The molecule has 0 aliphatic heterocycles. The molecule has 0 aromatic heterocycles. The Kier molecular flexibility index (Phi) is 2.65. The number of hydrogen-bond acceptors (Lipinski definition) is 2. The fourth-order valence-corrected chi connectivity index (χ4v) is 3.94. The molecule has 0 bridgehead atoms. The fraction of sp³-hybridized carbons (Fsp3) is 0.857. The van der Waals surface area contributed by atoms with Crippen LogP contribution in [0.2, 0.25) is 0 Å². The highest BCUT2D eigenvalue weighted by molar-refractivity contribution is 5.84. The molecule has 0 aromatic carbocycles. The van der Waals surface area contributed by atoms with E-state index in [0.717, 1.165) is 25.7 Å². The molecule has 3 saturated carbocycles. The number of carboxylic acid groups (broad SMARTS) is 1. The van der Waals surface area contributed by atoms with E-state index in [4.69, 9.17) is 5.11 Å². The van der Waals surface area contributed by atoms with Crippen molar-refractivity contribution >= 4 is 11.9 Å². The third-order valence-electron chi connectivity index (χ3n) is 5.29. The zero-order valence-electron chi connectivity index (χ0n) is 10.7. The van der Waals surface area contributed by atoms with E-state index in [0.29, 0.717) is 5.41 Å². The summed E-state index contributed by atoms with van der Waals surface area (Å²) in [5.74, 6) is -0.509. The molecule has 0 saturated heterocycles. The predicted octanol–water partition coefficient (Wildman–Crippen LogP) is 2.08. The Bertz CT molecular complexity index is 381. The van der Waals surface area contributed by atoms with Gasteiger partial charge in [0.2, 0.25) is 5.91 Å². The molecule has 4 nitrogen and oxygen atoms in total. The molecule has 1 unspecified atom stereocenters. The van der Waals surface area contributed by atoms with Gasteiger partial charge in [0.05, 0.1) is 12.0 Å². The Morgan fingerprint density at radius 3 is 2.28 bits per heavy atom. The molecular weight excluding hydrogens is 230 g/mol. The summed E-state index contributed by atoms with van der Waals surface area (Å²) in [5.41, 5.74) is -0.121. The van der Waals surface area contributed by atoms with Crippen LogP contribution < -0.4 is 5.32 Å². The van der Waals surface area contributed by atoms with Crippen LogP contribution in [0.1, 0.15) is 57.8 Å². The van der Waals surface area contributed by atoms with E-state index < -0.39 is 11.5 Å². The third kappa shape index (κ3) is 1.91. The largest absolute Gasteiger partial charge is 0.481 e. The molecule has 2 N–H and O–H groups in total. The van der Waals surface area contributed by atoms with Gasteiger partial charge in [-0.1, -0.05) is 12.8 Å². The summed E-state index contributed by atoms with van der Waals surface area (Å²) in [6.45, 7) is 0. The van der Waals surface area contributed by atoms with Crippen molar-refractivity contribution in [3.8, 4) is 0 Å². The van der Waals surface area contributed by atoms with Gasteiger partial charge in [-0.3, -0.25) is 9.59 Å². The number of carbonyl (C=O) groups excluding carboxylic acids is 1. The molecule has 3 rings (SSSR count). The second kappa shape index (κ2) is 3.97. The van der Waals surface area contributed by atoms with Crippen LogP contribution >= 0.6 is 0 Å². The lowest BCUT2D eigenvalue weighted by molar-refractivity contribution is -0.140. The van der Waals surface area contributed by atoms with Crippen LogP contribution in [0.15, 0.2) is 0 Å². The van der Waals surface area contributed by atoms with Crippen molar-refractivity contribution in [2.75, 3.05) is 0 Å². The molecule has 0 aromatic rings. The van der Waals surface area contributed by atoms with Crippen molar-refractivity contribution in [3.63, 3.8) is 0 Å². The number of rotatable bonds is 4. The molecule has 0 radical (unpaired) electrons. The highest BCUT2D eigenvalue weighted by Gasteiger charge is 2.59. The SMILES string of the molecule is O=C(O)CC1(NC(=O)C2CC23CCCC3)CCC1. The van der Waals surface area contributed by atoms with Crippen LogP contribution in [0.3, 0.4) is 0 Å². The highest BCUT2D eigenvalue weighted by atomic mass is 16.4. The van der Waals surface area contributed by atoms with E-state index in [1.807, 2.05) is 0 Å². The van der Waals surface area contributed by atoms with Gasteiger partial charge in [0.25, 0.3) is 0 Å². The van der Waals surface area contributed by atoms with Crippen molar-refractivity contribution in [1.82, 2.24) is 5.32 Å². The summed E-state index contributed by atoms with van der Waals surface area (Å²) in [4.78, 5) is 23.1. The van der Waals surface area contributed by atoms with Crippen molar-refractivity contribution in [2.24, 2.45) is 11.3 Å². The quantitative estimate of drug-likeness (QED) is 0.804. The second-order valence-electron chi connectivity index (χ2n) is 6.52. The van der Waals surface area contributed by atoms with Crippen LogP contribution in [0.4, 0.5) is 0 Å². The van der Waals surface area contributed by atoms with Crippen molar-refractivity contribution < 1.29 is 14.7 Å². The summed E-state index contributed by atoms with van der Waals surface area (Å²) in [7, 11) is 0. The van der Waals surface area contributed by atoms with Crippen molar-refractivity contribution in [3.05, 3.63) is 0 Å². The standard InChI is InChI=1S/C14H21NO3/c16-11(17)9-14(6-3-7-14)15-12(18)10-8-13(10)4-1-2-5-13/h10H,1-9H2,(H,15,18)(H,16,17). The summed E-state index contributed by atoms with van der Waals surface area (Å²) < 4.78 is 0. The Morgan fingerprint density at radius 2 is 1.78 bits per heavy atom. The molecule has 100 valence electrons. The molecule has 3 aliphatic carbocycles. The van der Waals surface area contributed by atoms with E-state index in [1.54, 1.807) is 0 Å². The number of carboxylic acids is 1. The van der Waals surface area contributed by atoms with Crippen LogP contribution in [-0.4, -0.2) is 22.5 Å². The van der Waals surface area contributed by atoms with Crippen molar-refractivity contribution in [2.45, 2.75) is 63.3 Å². The summed E-state index contributed by atoms with van der Waals surface area (Å²) >= 11 is 0. The summed E-state index contributed by atoms with van der Waals surface area (Å²) in [6, 6.07) is 0. The highest BCUT2D eigenvalue weighted by Crippen LogP contribution is 2.63. The van der Waals surface area contributed by atoms with Gasteiger partial charge in [-0.25, -0.2) is 0 Å². The van der Waals surface area contributed by atoms with Crippen LogP contribution in [0, 0.1) is 11.3 Å². The molecule has 1 amide bonds. The number of amides is 1. The van der Waals surface area contributed by atoms with Gasteiger partial charge in [0, 0.05) is 5.92 Å². The van der Waals surface area contributed by atoms with Gasteiger partial charge in [0.15, 0.2) is 0 Å². The Hall–Kier alpha value is -1.06. The van der Waals surface area contributed by atoms with Gasteiger partial charge in [-0.05, 0) is 43.9 Å². The van der Waals surface area contributed by atoms with Gasteiger partial charge >= 0.3 is 5.97 Å². The molecular formula is C14H21NO3. The maximum absolute atomic E-state index is 12.3. The molecule has 1 atom stereocenters. The average Bonchev–Trinajstić information content (AvgIpc) is 2.73. The lowest BCUT2D eigenvalue weighted by Crippen LogP contribution is -2.55. The monoisotopic (exact) mass is 251 g/mol. The normalized spacial score (nSPS) is 30.8. The fourth-order valence-electron chi connectivity index (χ4n) is 3.94. The van der Waals surface area contributed by atoms with E-state index >= 15 is 0 Å². The number of nitrogens with one attached hydrogen (secondary N) is 1. The maximum atomic E-state index is 12.3. The minimum atomic E-state index is -0.804. The van der Waals surface area contributed by atoms with E-state index in [9.17, 15) is 9.59 Å². The molecule has 1 spiro atoms. The minimum absolute atomic E-state index is 0.0818. The van der Waals surface area contributed by atoms with E-state index in [2.05, 4.69) is 5.32 Å². The van der Waals surface area contributed by atoms with Crippen LogP contribution in [0.25, 0.3) is 0 Å². The molecule has 3 fully saturated rings. The summed E-state index contributed by atoms with van der Waals surface area (Å²) in [5, 5.41) is 12.0. The smallest absolute Gasteiger partial charge is 0.305 e. The Morgan fingerprint density at radius 1 is 1.11 bits per heavy atom. The zero-order chi connectivity index (χ0) is 12.8. The third-order valence-corrected chi connectivity index (χ3v) is 5.29.